The largest absolute Gasteiger partial charge is 0.497 e. The summed E-state index contributed by atoms with van der Waals surface area (Å²) in [5, 5.41) is 2.91. The fourth-order valence-corrected chi connectivity index (χ4v) is 4.59. The number of ether oxygens (including phenoxy) is 1. The molecule has 2 rings (SSSR count). The SMILES string of the molecule is CCCCNC(=O)C(C)N(Cc1ccc(OC)cc1)C(=O)CCc1ccc(S(=O)(=O)NCC)cc1. The molecule has 2 amide bonds. The highest BCUT2D eigenvalue weighted by Gasteiger charge is 2.26. The Kier molecular flexibility index (Phi) is 11.2. The Morgan fingerprint density at radius 1 is 1.00 bits per heavy atom. The maximum Gasteiger partial charge on any atom is 0.242 e. The summed E-state index contributed by atoms with van der Waals surface area (Å²) < 4.78 is 31.9. The Labute approximate surface area is 209 Å². The van der Waals surface area contributed by atoms with E-state index in [0.29, 0.717) is 26.1 Å². The van der Waals surface area contributed by atoms with E-state index >= 15 is 0 Å². The summed E-state index contributed by atoms with van der Waals surface area (Å²) in [6.45, 7) is 6.70. The van der Waals surface area contributed by atoms with E-state index < -0.39 is 16.1 Å². The van der Waals surface area contributed by atoms with Gasteiger partial charge in [0, 0.05) is 26.1 Å². The van der Waals surface area contributed by atoms with Gasteiger partial charge in [0.1, 0.15) is 11.8 Å². The molecule has 8 nitrogen and oxygen atoms in total. The normalized spacial score (nSPS) is 12.1. The third-order valence-electron chi connectivity index (χ3n) is 5.70. The minimum absolute atomic E-state index is 0.150. The maximum absolute atomic E-state index is 13.2. The summed E-state index contributed by atoms with van der Waals surface area (Å²) >= 11 is 0. The highest BCUT2D eigenvalue weighted by atomic mass is 32.2. The van der Waals surface area contributed by atoms with Crippen LogP contribution in [0.4, 0.5) is 0 Å². The number of benzene rings is 2. The molecule has 0 aliphatic carbocycles. The van der Waals surface area contributed by atoms with Crippen molar-refractivity contribution in [3.63, 3.8) is 0 Å². The van der Waals surface area contributed by atoms with Crippen molar-refractivity contribution < 1.29 is 22.7 Å². The van der Waals surface area contributed by atoms with Gasteiger partial charge in [-0.15, -0.1) is 0 Å². The smallest absolute Gasteiger partial charge is 0.242 e. The Hall–Kier alpha value is -2.91. The standard InChI is InChI=1S/C26H37N3O5S/c1-5-7-18-27-26(31)20(3)29(19-22-8-13-23(34-4)14-9-22)25(30)17-12-21-10-15-24(16-11-21)35(32,33)28-6-2/h8-11,13-16,20,28H,5-7,12,17-19H2,1-4H3,(H,27,31). The molecule has 0 heterocycles. The number of sulfonamides is 1. The first-order valence-corrected chi connectivity index (χ1v) is 13.5. The quantitative estimate of drug-likeness (QED) is 0.385. The van der Waals surface area contributed by atoms with Gasteiger partial charge in [-0.1, -0.05) is 44.5 Å². The molecule has 2 aromatic rings. The molecule has 0 aliphatic heterocycles. The van der Waals surface area contributed by atoms with E-state index in [-0.39, 0.29) is 23.1 Å². The molecule has 0 saturated heterocycles. The van der Waals surface area contributed by atoms with Crippen LogP contribution in [-0.4, -0.2) is 51.4 Å². The van der Waals surface area contributed by atoms with Crippen molar-refractivity contribution in [3.05, 3.63) is 59.7 Å². The fourth-order valence-electron chi connectivity index (χ4n) is 3.55. The van der Waals surface area contributed by atoms with Crippen LogP contribution in [0.15, 0.2) is 53.4 Å². The van der Waals surface area contributed by atoms with Gasteiger partial charge < -0.3 is 15.0 Å². The van der Waals surface area contributed by atoms with Crippen LogP contribution in [0.3, 0.4) is 0 Å². The second-order valence-electron chi connectivity index (χ2n) is 8.34. The van der Waals surface area contributed by atoms with Gasteiger partial charge in [-0.25, -0.2) is 13.1 Å². The second-order valence-corrected chi connectivity index (χ2v) is 10.1. The highest BCUT2D eigenvalue weighted by Crippen LogP contribution is 2.17. The lowest BCUT2D eigenvalue weighted by molar-refractivity contribution is -0.140. The average molecular weight is 504 g/mol. The lowest BCUT2D eigenvalue weighted by Crippen LogP contribution is -2.47. The molecule has 9 heteroatoms. The molecule has 0 spiro atoms. The molecule has 2 N–H and O–H groups in total. The lowest BCUT2D eigenvalue weighted by Gasteiger charge is -2.29. The summed E-state index contributed by atoms with van der Waals surface area (Å²) in [5.41, 5.74) is 1.74. The number of hydrogen-bond donors (Lipinski definition) is 2. The molecule has 192 valence electrons. The third-order valence-corrected chi connectivity index (χ3v) is 7.27. The Morgan fingerprint density at radius 3 is 2.20 bits per heavy atom. The highest BCUT2D eigenvalue weighted by molar-refractivity contribution is 7.89. The predicted octanol–water partition coefficient (Wildman–Crippen LogP) is 3.26. The number of nitrogens with one attached hydrogen (secondary N) is 2. The Balaban J connectivity index is 2.12. The van der Waals surface area contributed by atoms with E-state index in [2.05, 4.69) is 17.0 Å². The molecular weight excluding hydrogens is 466 g/mol. The summed E-state index contributed by atoms with van der Waals surface area (Å²) in [6, 6.07) is 13.3. The van der Waals surface area contributed by atoms with Crippen molar-refractivity contribution in [2.45, 2.75) is 63.9 Å². The van der Waals surface area contributed by atoms with Crippen LogP contribution in [0.1, 0.15) is 51.2 Å². The molecule has 2 aromatic carbocycles. The third kappa shape index (κ3) is 8.67. The number of rotatable bonds is 14. The first-order chi connectivity index (χ1) is 16.7. The summed E-state index contributed by atoms with van der Waals surface area (Å²) in [5.74, 6) is 0.387. The molecule has 0 radical (unpaired) electrons. The maximum atomic E-state index is 13.2. The van der Waals surface area contributed by atoms with E-state index in [1.54, 1.807) is 38.0 Å². The number of carbonyl (C=O) groups excluding carboxylic acids is 2. The number of amides is 2. The number of methoxy groups -OCH3 is 1. The van der Waals surface area contributed by atoms with Crippen LogP contribution < -0.4 is 14.8 Å². The van der Waals surface area contributed by atoms with Crippen LogP contribution in [0.5, 0.6) is 5.75 Å². The molecule has 1 atom stereocenters. The van der Waals surface area contributed by atoms with E-state index in [1.165, 1.54) is 12.1 Å². The van der Waals surface area contributed by atoms with Crippen molar-refractivity contribution in [1.29, 1.82) is 0 Å². The van der Waals surface area contributed by atoms with Gasteiger partial charge in [-0.2, -0.15) is 0 Å². The minimum Gasteiger partial charge on any atom is -0.497 e. The molecule has 0 bridgehead atoms. The van der Waals surface area contributed by atoms with Gasteiger partial charge >= 0.3 is 0 Å². The molecular formula is C26H37N3O5S. The lowest BCUT2D eigenvalue weighted by atomic mass is 10.1. The predicted molar refractivity (Wildman–Crippen MR) is 137 cm³/mol. The van der Waals surface area contributed by atoms with Gasteiger partial charge in [0.15, 0.2) is 0 Å². The summed E-state index contributed by atoms with van der Waals surface area (Å²) in [4.78, 5) is 27.8. The van der Waals surface area contributed by atoms with E-state index in [0.717, 1.165) is 29.7 Å². The molecule has 0 aromatic heterocycles. The number of aryl methyl sites for hydroxylation is 1. The first-order valence-electron chi connectivity index (χ1n) is 12.0. The zero-order valence-corrected chi connectivity index (χ0v) is 21.9. The zero-order valence-electron chi connectivity index (χ0n) is 21.0. The van der Waals surface area contributed by atoms with Crippen molar-refractivity contribution in [1.82, 2.24) is 14.9 Å². The number of nitrogens with zero attached hydrogens (tertiary/aromatic N) is 1. The van der Waals surface area contributed by atoms with Crippen LogP contribution >= 0.6 is 0 Å². The first kappa shape index (κ1) is 28.3. The van der Waals surface area contributed by atoms with E-state index in [4.69, 9.17) is 4.74 Å². The van der Waals surface area contributed by atoms with Crippen molar-refractivity contribution in [2.24, 2.45) is 0 Å². The number of hydrogen-bond acceptors (Lipinski definition) is 5. The molecule has 35 heavy (non-hydrogen) atoms. The van der Waals surface area contributed by atoms with E-state index in [1.807, 2.05) is 24.3 Å². The fraction of sp³-hybridized carbons (Fsp3) is 0.462. The Morgan fingerprint density at radius 2 is 1.63 bits per heavy atom. The number of unbranched alkanes of at least 4 members (excludes halogenated alkanes) is 1. The average Bonchev–Trinajstić information content (AvgIpc) is 2.86. The van der Waals surface area contributed by atoms with Gasteiger partial charge in [-0.05, 0) is 55.2 Å². The van der Waals surface area contributed by atoms with E-state index in [9.17, 15) is 18.0 Å². The molecule has 0 saturated carbocycles. The monoisotopic (exact) mass is 503 g/mol. The molecule has 0 fully saturated rings. The van der Waals surface area contributed by atoms with Crippen LogP contribution in [0, 0.1) is 0 Å². The van der Waals surface area contributed by atoms with Crippen LogP contribution in [0.25, 0.3) is 0 Å². The zero-order chi connectivity index (χ0) is 25.8. The summed E-state index contributed by atoms with van der Waals surface area (Å²) in [7, 11) is -1.93. The van der Waals surface area contributed by atoms with Gasteiger partial charge in [0.05, 0.1) is 12.0 Å². The second kappa shape index (κ2) is 13.8. The summed E-state index contributed by atoms with van der Waals surface area (Å²) in [6.07, 6.45) is 2.48. The van der Waals surface area contributed by atoms with Gasteiger partial charge in [0.25, 0.3) is 0 Å². The van der Waals surface area contributed by atoms with Crippen LogP contribution in [-0.2, 0) is 32.6 Å². The topological polar surface area (TPSA) is 105 Å². The minimum atomic E-state index is -3.52. The van der Waals surface area contributed by atoms with Crippen LogP contribution in [0.2, 0.25) is 0 Å². The molecule has 1 unspecified atom stereocenters. The van der Waals surface area contributed by atoms with Crippen molar-refractivity contribution in [2.75, 3.05) is 20.2 Å². The number of carbonyl (C=O) groups is 2. The van der Waals surface area contributed by atoms with Crippen molar-refractivity contribution >= 4 is 21.8 Å². The van der Waals surface area contributed by atoms with Gasteiger partial charge in [-0.3, -0.25) is 9.59 Å². The Bertz CT molecular complexity index is 1050. The van der Waals surface area contributed by atoms with Crippen molar-refractivity contribution in [3.8, 4) is 5.75 Å². The molecule has 0 aliphatic rings. The van der Waals surface area contributed by atoms with Gasteiger partial charge in [0.2, 0.25) is 21.8 Å².